The molecule has 0 amide bonds. The molecule has 1 aromatic rings. The number of hydrogen-bond acceptors (Lipinski definition) is 4. The van der Waals surface area contributed by atoms with Gasteiger partial charge in [0.1, 0.15) is 12.4 Å². The second-order valence-corrected chi connectivity index (χ2v) is 5.66. The fourth-order valence-electron chi connectivity index (χ4n) is 1.56. The quantitative estimate of drug-likeness (QED) is 0.847. The number of carboxylic acids is 1. The van der Waals surface area contributed by atoms with E-state index < -0.39 is 5.97 Å². The summed E-state index contributed by atoms with van der Waals surface area (Å²) in [4.78, 5) is 14.6. The Hall–Kier alpha value is -1.07. The Morgan fingerprint density at radius 3 is 2.82 bits per heavy atom. The van der Waals surface area contributed by atoms with Gasteiger partial charge in [-0.3, -0.25) is 0 Å². The maximum absolute atomic E-state index is 11.1. The predicted octanol–water partition coefficient (Wildman–Crippen LogP) is 2.26. The molecule has 94 valence electrons. The first-order valence-corrected chi connectivity index (χ1v) is 6.54. The number of rotatable bonds is 6. The Kier molecular flexibility index (Phi) is 3.69. The van der Waals surface area contributed by atoms with E-state index >= 15 is 0 Å². The van der Waals surface area contributed by atoms with Crippen LogP contribution in [-0.2, 0) is 0 Å². The van der Waals surface area contributed by atoms with E-state index in [0.717, 1.165) is 11.4 Å². The van der Waals surface area contributed by atoms with Gasteiger partial charge < -0.3 is 14.7 Å². The highest BCUT2D eigenvalue weighted by molar-refractivity contribution is 7.14. The van der Waals surface area contributed by atoms with Gasteiger partial charge in [0.25, 0.3) is 0 Å². The van der Waals surface area contributed by atoms with Crippen LogP contribution in [0.3, 0.4) is 0 Å². The maximum Gasteiger partial charge on any atom is 0.349 e. The third kappa shape index (κ3) is 3.20. The minimum Gasteiger partial charge on any atom is -0.490 e. The van der Waals surface area contributed by atoms with Crippen LogP contribution in [0, 0.1) is 0 Å². The molecule has 1 fully saturated rings. The fourth-order valence-corrected chi connectivity index (χ4v) is 2.67. The molecule has 0 bridgehead atoms. The molecule has 0 saturated heterocycles. The molecule has 1 aliphatic carbocycles. The van der Waals surface area contributed by atoms with Crippen LogP contribution >= 0.6 is 11.3 Å². The Morgan fingerprint density at radius 1 is 1.59 bits per heavy atom. The molecular formula is C12H17NO3S. The minimum atomic E-state index is -0.887. The number of carboxylic acid groups (broad SMARTS) is 1. The van der Waals surface area contributed by atoms with E-state index in [0.29, 0.717) is 23.2 Å². The van der Waals surface area contributed by atoms with Gasteiger partial charge in [-0.1, -0.05) is 0 Å². The van der Waals surface area contributed by atoms with E-state index in [1.165, 1.54) is 24.2 Å². The van der Waals surface area contributed by atoms with Gasteiger partial charge in [0.15, 0.2) is 4.88 Å². The fraction of sp³-hybridized carbons (Fsp3) is 0.583. The number of nitrogens with zero attached hydrogens (tertiary/aromatic N) is 1. The van der Waals surface area contributed by atoms with E-state index in [9.17, 15) is 4.79 Å². The van der Waals surface area contributed by atoms with Crippen molar-refractivity contribution in [2.45, 2.75) is 18.8 Å². The zero-order chi connectivity index (χ0) is 12.4. The van der Waals surface area contributed by atoms with Crippen LogP contribution in [0.25, 0.3) is 0 Å². The summed E-state index contributed by atoms with van der Waals surface area (Å²) in [6.07, 6.45) is 2.35. The summed E-state index contributed by atoms with van der Waals surface area (Å²) in [5, 5.41) is 9.11. The van der Waals surface area contributed by atoms with Gasteiger partial charge in [0, 0.05) is 11.4 Å². The van der Waals surface area contributed by atoms with Crippen LogP contribution < -0.4 is 4.74 Å². The summed E-state index contributed by atoms with van der Waals surface area (Å²) in [7, 11) is 3.93. The molecule has 0 unspecified atom stereocenters. The first-order chi connectivity index (χ1) is 8.08. The standard InChI is InChI=1S/C12H17NO3S/c1-13(2)5-6-16-9-7-10(8-3-4-8)17-11(9)12(14)15/h7-8H,3-6H2,1-2H3,(H,14,15). The van der Waals surface area contributed by atoms with Gasteiger partial charge in [-0.25, -0.2) is 4.79 Å². The summed E-state index contributed by atoms with van der Waals surface area (Å²) in [6.45, 7) is 1.31. The van der Waals surface area contributed by atoms with E-state index in [4.69, 9.17) is 9.84 Å². The summed E-state index contributed by atoms with van der Waals surface area (Å²) in [6, 6.07) is 1.90. The van der Waals surface area contributed by atoms with Crippen LogP contribution in [0.15, 0.2) is 6.07 Å². The molecule has 5 heteroatoms. The van der Waals surface area contributed by atoms with Crippen LogP contribution in [0.1, 0.15) is 33.3 Å². The number of ether oxygens (including phenoxy) is 1. The molecule has 0 spiro atoms. The zero-order valence-electron chi connectivity index (χ0n) is 10.1. The molecule has 0 aliphatic heterocycles. The Bertz CT molecular complexity index is 410. The van der Waals surface area contributed by atoms with Gasteiger partial charge in [0.05, 0.1) is 0 Å². The van der Waals surface area contributed by atoms with Crippen LogP contribution in [0.2, 0.25) is 0 Å². The number of hydrogen-bond donors (Lipinski definition) is 1. The average molecular weight is 255 g/mol. The lowest BCUT2D eigenvalue weighted by Crippen LogP contribution is -2.19. The van der Waals surface area contributed by atoms with E-state index in [-0.39, 0.29) is 0 Å². The van der Waals surface area contributed by atoms with Crippen LogP contribution in [0.4, 0.5) is 0 Å². The molecular weight excluding hydrogens is 238 g/mol. The largest absolute Gasteiger partial charge is 0.490 e. The van der Waals surface area contributed by atoms with Crippen molar-refractivity contribution in [1.82, 2.24) is 4.90 Å². The molecule has 4 nitrogen and oxygen atoms in total. The predicted molar refractivity (Wildman–Crippen MR) is 67.3 cm³/mol. The molecule has 1 aliphatic rings. The summed E-state index contributed by atoms with van der Waals surface area (Å²) in [5.41, 5.74) is 0. The summed E-state index contributed by atoms with van der Waals surface area (Å²) in [5.74, 6) is 0.220. The monoisotopic (exact) mass is 255 g/mol. The lowest BCUT2D eigenvalue weighted by atomic mass is 10.3. The highest BCUT2D eigenvalue weighted by Crippen LogP contribution is 2.46. The minimum absolute atomic E-state index is 0.339. The molecule has 1 N–H and O–H groups in total. The Balaban J connectivity index is 2.05. The average Bonchev–Trinajstić information content (AvgIpc) is 2.99. The lowest BCUT2D eigenvalue weighted by molar-refractivity contribution is 0.0698. The molecule has 0 aromatic carbocycles. The van der Waals surface area contributed by atoms with E-state index in [1.807, 2.05) is 25.1 Å². The highest BCUT2D eigenvalue weighted by Gasteiger charge is 2.28. The summed E-state index contributed by atoms with van der Waals surface area (Å²) < 4.78 is 5.56. The number of aromatic carboxylic acids is 1. The zero-order valence-corrected chi connectivity index (χ0v) is 10.9. The van der Waals surface area contributed by atoms with Gasteiger partial charge in [-0.2, -0.15) is 0 Å². The highest BCUT2D eigenvalue weighted by atomic mass is 32.1. The normalized spacial score (nSPS) is 15.2. The molecule has 1 aromatic heterocycles. The second kappa shape index (κ2) is 5.06. The van der Waals surface area contributed by atoms with Crippen molar-refractivity contribution >= 4 is 17.3 Å². The van der Waals surface area contributed by atoms with Crippen molar-refractivity contribution < 1.29 is 14.6 Å². The molecule has 0 atom stereocenters. The first-order valence-electron chi connectivity index (χ1n) is 5.72. The number of thiophene rings is 1. The molecule has 2 rings (SSSR count). The molecule has 1 saturated carbocycles. The molecule has 1 heterocycles. The summed E-state index contributed by atoms with van der Waals surface area (Å²) >= 11 is 1.36. The van der Waals surface area contributed by atoms with Crippen molar-refractivity contribution in [3.63, 3.8) is 0 Å². The maximum atomic E-state index is 11.1. The van der Waals surface area contributed by atoms with Crippen molar-refractivity contribution in [3.8, 4) is 5.75 Å². The van der Waals surface area contributed by atoms with Crippen LogP contribution in [-0.4, -0.2) is 43.2 Å². The Morgan fingerprint density at radius 2 is 2.29 bits per heavy atom. The van der Waals surface area contributed by atoms with Crippen molar-refractivity contribution in [3.05, 3.63) is 15.8 Å². The van der Waals surface area contributed by atoms with Gasteiger partial charge in [0.2, 0.25) is 0 Å². The van der Waals surface area contributed by atoms with Crippen molar-refractivity contribution in [1.29, 1.82) is 0 Å². The topological polar surface area (TPSA) is 49.8 Å². The SMILES string of the molecule is CN(C)CCOc1cc(C2CC2)sc1C(=O)O. The molecule has 17 heavy (non-hydrogen) atoms. The smallest absolute Gasteiger partial charge is 0.349 e. The first kappa shape index (κ1) is 12.4. The second-order valence-electron chi connectivity index (χ2n) is 4.57. The van der Waals surface area contributed by atoms with E-state index in [2.05, 4.69) is 0 Å². The lowest BCUT2D eigenvalue weighted by Gasteiger charge is -2.10. The van der Waals surface area contributed by atoms with Crippen LogP contribution in [0.5, 0.6) is 5.75 Å². The number of carbonyl (C=O) groups is 1. The van der Waals surface area contributed by atoms with Gasteiger partial charge in [-0.15, -0.1) is 11.3 Å². The molecule has 0 radical (unpaired) electrons. The third-order valence-corrected chi connectivity index (χ3v) is 3.95. The van der Waals surface area contributed by atoms with Crippen molar-refractivity contribution in [2.24, 2.45) is 0 Å². The van der Waals surface area contributed by atoms with Gasteiger partial charge >= 0.3 is 5.97 Å². The van der Waals surface area contributed by atoms with E-state index in [1.54, 1.807) is 0 Å². The number of likely N-dealkylation sites (N-methyl/N-ethyl adjacent to an activating group) is 1. The Labute approximate surface area is 105 Å². The van der Waals surface area contributed by atoms with Crippen molar-refractivity contribution in [2.75, 3.05) is 27.2 Å². The van der Waals surface area contributed by atoms with Gasteiger partial charge in [-0.05, 0) is 38.9 Å². The third-order valence-electron chi connectivity index (χ3n) is 2.69.